The topological polar surface area (TPSA) is 109 Å². The molecule has 1 fully saturated rings. The van der Waals surface area contributed by atoms with Crippen molar-refractivity contribution in [3.8, 4) is 0 Å². The third-order valence-corrected chi connectivity index (χ3v) is 4.38. The van der Waals surface area contributed by atoms with Crippen LogP contribution in [0.4, 0.5) is 0 Å². The van der Waals surface area contributed by atoms with E-state index in [0.717, 1.165) is 0 Å². The van der Waals surface area contributed by atoms with Gasteiger partial charge >= 0.3 is 0 Å². The number of rotatable bonds is 10. The van der Waals surface area contributed by atoms with Gasteiger partial charge in [0.2, 0.25) is 0 Å². The Morgan fingerprint density at radius 1 is 1.18 bits per heavy atom. The summed E-state index contributed by atoms with van der Waals surface area (Å²) in [7, 11) is 0. The highest BCUT2D eigenvalue weighted by molar-refractivity contribution is 6.21. The zero-order valence-electron chi connectivity index (χ0n) is 11.8. The van der Waals surface area contributed by atoms with Crippen molar-refractivity contribution >= 4 is 34.8 Å². The van der Waals surface area contributed by atoms with Gasteiger partial charge in [-0.25, -0.2) is 0 Å². The van der Waals surface area contributed by atoms with Crippen LogP contribution in [0.2, 0.25) is 0 Å². The normalized spacial score (nSPS) is 32.9. The SMILES string of the molecule is OCC(O[C@@H](CO)O[C@]1(CCl)CC(O)[C@@H](CCl)O1)[C@H](Cl)CO. The predicted molar refractivity (Wildman–Crippen MR) is 80.3 cm³/mol. The van der Waals surface area contributed by atoms with E-state index in [1.807, 2.05) is 0 Å². The molecule has 0 saturated carbocycles. The molecule has 4 N–H and O–H groups in total. The first-order chi connectivity index (χ1) is 10.4. The third-order valence-electron chi connectivity index (χ3n) is 3.25. The summed E-state index contributed by atoms with van der Waals surface area (Å²) in [6.07, 6.45) is -3.60. The first-order valence-electron chi connectivity index (χ1n) is 6.73. The van der Waals surface area contributed by atoms with Crippen LogP contribution in [0.15, 0.2) is 0 Å². The fourth-order valence-corrected chi connectivity index (χ4v) is 2.73. The minimum absolute atomic E-state index is 0.0569. The summed E-state index contributed by atoms with van der Waals surface area (Å²) in [6.45, 7) is -1.46. The van der Waals surface area contributed by atoms with E-state index in [2.05, 4.69) is 0 Å². The molecule has 0 aliphatic carbocycles. The van der Waals surface area contributed by atoms with Gasteiger partial charge in [-0.2, -0.15) is 0 Å². The smallest absolute Gasteiger partial charge is 0.188 e. The molecule has 0 aromatic heterocycles. The van der Waals surface area contributed by atoms with Crippen LogP contribution in [0.1, 0.15) is 6.42 Å². The zero-order valence-corrected chi connectivity index (χ0v) is 14.0. The van der Waals surface area contributed by atoms with E-state index in [9.17, 15) is 15.3 Å². The Morgan fingerprint density at radius 2 is 1.86 bits per heavy atom. The fraction of sp³-hybridized carbons (Fsp3) is 1.00. The number of halogens is 3. The fourth-order valence-electron chi connectivity index (χ4n) is 2.08. The van der Waals surface area contributed by atoms with Gasteiger partial charge in [0.25, 0.3) is 0 Å². The van der Waals surface area contributed by atoms with E-state index in [1.54, 1.807) is 0 Å². The number of hydrogen-bond acceptors (Lipinski definition) is 7. The van der Waals surface area contributed by atoms with Crippen molar-refractivity contribution in [2.24, 2.45) is 0 Å². The molecule has 2 unspecified atom stereocenters. The van der Waals surface area contributed by atoms with Crippen molar-refractivity contribution < 1.29 is 34.6 Å². The summed E-state index contributed by atoms with van der Waals surface area (Å²) in [5.74, 6) is -1.43. The molecule has 0 bridgehead atoms. The van der Waals surface area contributed by atoms with Crippen molar-refractivity contribution in [3.63, 3.8) is 0 Å². The van der Waals surface area contributed by atoms with E-state index in [0.29, 0.717) is 0 Å². The quantitative estimate of drug-likeness (QED) is 0.301. The van der Waals surface area contributed by atoms with Gasteiger partial charge in [0.1, 0.15) is 12.2 Å². The van der Waals surface area contributed by atoms with Gasteiger partial charge in [-0.1, -0.05) is 0 Å². The second-order valence-electron chi connectivity index (χ2n) is 4.91. The lowest BCUT2D eigenvalue weighted by atomic mass is 10.1. The Kier molecular flexibility index (Phi) is 9.17. The van der Waals surface area contributed by atoms with E-state index >= 15 is 0 Å². The van der Waals surface area contributed by atoms with Crippen LogP contribution in [-0.2, 0) is 14.2 Å². The maximum absolute atomic E-state index is 9.85. The monoisotopic (exact) mass is 382 g/mol. The highest BCUT2D eigenvalue weighted by Crippen LogP contribution is 2.35. The van der Waals surface area contributed by atoms with Crippen LogP contribution in [0.3, 0.4) is 0 Å². The molecule has 22 heavy (non-hydrogen) atoms. The summed E-state index contributed by atoms with van der Waals surface area (Å²) in [4.78, 5) is 0. The number of hydrogen-bond donors (Lipinski definition) is 4. The minimum atomic E-state index is -1.37. The molecule has 0 aromatic rings. The molecule has 0 aromatic carbocycles. The predicted octanol–water partition coefficient (Wildman–Crippen LogP) is -0.378. The first-order valence-corrected chi connectivity index (χ1v) is 8.23. The van der Waals surface area contributed by atoms with Gasteiger partial charge in [0, 0.05) is 6.42 Å². The number of aliphatic hydroxyl groups excluding tert-OH is 4. The highest BCUT2D eigenvalue weighted by atomic mass is 35.5. The number of aliphatic hydroxyl groups is 4. The molecule has 0 spiro atoms. The highest BCUT2D eigenvalue weighted by Gasteiger charge is 2.48. The molecule has 0 radical (unpaired) electrons. The molecule has 132 valence electrons. The van der Waals surface area contributed by atoms with Crippen molar-refractivity contribution in [2.75, 3.05) is 31.6 Å². The van der Waals surface area contributed by atoms with E-state index in [1.165, 1.54) is 0 Å². The summed E-state index contributed by atoms with van der Waals surface area (Å²) in [6, 6.07) is 0. The maximum atomic E-state index is 9.85. The Balaban J connectivity index is 2.71. The first kappa shape index (κ1) is 20.6. The van der Waals surface area contributed by atoms with E-state index in [-0.39, 0.29) is 18.2 Å². The lowest BCUT2D eigenvalue weighted by molar-refractivity contribution is -0.308. The number of alkyl halides is 3. The molecule has 0 amide bonds. The van der Waals surface area contributed by atoms with Gasteiger partial charge in [-0.3, -0.25) is 0 Å². The summed E-state index contributed by atoms with van der Waals surface area (Å²) >= 11 is 17.3. The molecule has 7 nitrogen and oxygen atoms in total. The van der Waals surface area contributed by atoms with Crippen LogP contribution < -0.4 is 0 Å². The molecule has 1 heterocycles. The standard InChI is InChI=1S/C12H21Cl3O7/c13-2-9-8(19)1-12(6-14,21-9)22-11(5-18)20-10(4-17)7(15)3-16/h7-11,16-19H,1-6H2/t7-,8?,9-,10?,11-,12+/m1/s1. The molecule has 1 aliphatic rings. The van der Waals surface area contributed by atoms with Crippen molar-refractivity contribution in [1.82, 2.24) is 0 Å². The Hall–Kier alpha value is 0.590. The summed E-state index contributed by atoms with van der Waals surface area (Å²) in [5, 5.41) is 36.5. The largest absolute Gasteiger partial charge is 0.395 e. The minimum Gasteiger partial charge on any atom is -0.395 e. The lowest BCUT2D eigenvalue weighted by Gasteiger charge is -2.33. The second kappa shape index (κ2) is 9.78. The second-order valence-corrected chi connectivity index (χ2v) is 6.05. The Bertz CT molecular complexity index is 325. The Morgan fingerprint density at radius 3 is 2.27 bits per heavy atom. The average molecular weight is 384 g/mol. The van der Waals surface area contributed by atoms with Crippen LogP contribution >= 0.6 is 34.8 Å². The van der Waals surface area contributed by atoms with Crippen LogP contribution in [-0.4, -0.2) is 87.8 Å². The molecule has 1 saturated heterocycles. The van der Waals surface area contributed by atoms with Crippen molar-refractivity contribution in [3.05, 3.63) is 0 Å². The van der Waals surface area contributed by atoms with Gasteiger partial charge in [-0.15, -0.1) is 34.8 Å². The van der Waals surface area contributed by atoms with Crippen LogP contribution in [0.25, 0.3) is 0 Å². The third kappa shape index (κ3) is 5.31. The lowest BCUT2D eigenvalue weighted by Crippen LogP contribution is -2.45. The molecule has 6 atom stereocenters. The maximum Gasteiger partial charge on any atom is 0.188 e. The number of ether oxygens (including phenoxy) is 3. The van der Waals surface area contributed by atoms with Gasteiger partial charge in [0.05, 0.1) is 43.1 Å². The molecule has 1 aliphatic heterocycles. The average Bonchev–Trinajstić information content (AvgIpc) is 2.86. The summed E-state index contributed by atoms with van der Waals surface area (Å²) in [5.41, 5.74) is 0. The van der Waals surface area contributed by atoms with E-state index < -0.39 is 55.6 Å². The Labute approximate surface area is 143 Å². The van der Waals surface area contributed by atoms with Gasteiger partial charge < -0.3 is 34.6 Å². The van der Waals surface area contributed by atoms with Gasteiger partial charge in [-0.05, 0) is 0 Å². The summed E-state index contributed by atoms with van der Waals surface area (Å²) < 4.78 is 16.4. The van der Waals surface area contributed by atoms with Crippen LogP contribution in [0.5, 0.6) is 0 Å². The van der Waals surface area contributed by atoms with Crippen LogP contribution in [0, 0.1) is 0 Å². The molecule has 1 rings (SSSR count). The zero-order chi connectivity index (χ0) is 16.8. The molecular weight excluding hydrogens is 362 g/mol. The van der Waals surface area contributed by atoms with E-state index in [4.69, 9.17) is 54.1 Å². The molecular formula is C12H21Cl3O7. The van der Waals surface area contributed by atoms with Gasteiger partial charge in [0.15, 0.2) is 12.1 Å². The van der Waals surface area contributed by atoms with Crippen molar-refractivity contribution in [1.29, 1.82) is 0 Å². The van der Waals surface area contributed by atoms with Crippen molar-refractivity contribution in [2.45, 2.75) is 42.2 Å². The molecule has 10 heteroatoms.